The summed E-state index contributed by atoms with van der Waals surface area (Å²) in [6.45, 7) is 4.16. The molecule has 104 valence electrons. The summed E-state index contributed by atoms with van der Waals surface area (Å²) >= 11 is 0. The molecule has 5 heteroatoms. The normalized spacial score (nSPS) is 24.2. The van der Waals surface area contributed by atoms with Crippen LogP contribution in [0.4, 0.5) is 10.1 Å². The predicted octanol–water partition coefficient (Wildman–Crippen LogP) is 1.43. The molecule has 1 amide bonds. The van der Waals surface area contributed by atoms with Gasteiger partial charge in [-0.05, 0) is 36.6 Å². The van der Waals surface area contributed by atoms with Crippen LogP contribution in [0.15, 0.2) is 24.3 Å². The van der Waals surface area contributed by atoms with Crippen LogP contribution in [0.1, 0.15) is 13.3 Å². The molecule has 0 bridgehead atoms. The summed E-state index contributed by atoms with van der Waals surface area (Å²) in [5, 5.41) is 2.76. The predicted molar refractivity (Wildman–Crippen MR) is 73.2 cm³/mol. The minimum Gasteiger partial charge on any atom is -0.327 e. The number of hydrogen-bond donors (Lipinski definition) is 2. The van der Waals surface area contributed by atoms with Gasteiger partial charge in [-0.15, -0.1) is 0 Å². The number of nitrogens with two attached hydrogens (primary N) is 1. The Balaban J connectivity index is 1.83. The molecule has 1 aliphatic heterocycles. The van der Waals surface area contributed by atoms with E-state index >= 15 is 0 Å². The van der Waals surface area contributed by atoms with Gasteiger partial charge in [0.25, 0.3) is 0 Å². The molecule has 0 aliphatic carbocycles. The zero-order valence-corrected chi connectivity index (χ0v) is 11.1. The van der Waals surface area contributed by atoms with Crippen molar-refractivity contribution in [1.29, 1.82) is 0 Å². The molecule has 1 heterocycles. The maximum atomic E-state index is 12.7. The van der Waals surface area contributed by atoms with E-state index in [1.54, 1.807) is 12.1 Å². The van der Waals surface area contributed by atoms with Crippen LogP contribution < -0.4 is 11.1 Å². The quantitative estimate of drug-likeness (QED) is 0.869. The number of carbonyl (C=O) groups is 1. The largest absolute Gasteiger partial charge is 0.327 e. The lowest BCUT2D eigenvalue weighted by Crippen LogP contribution is -2.48. The third-order valence-electron chi connectivity index (χ3n) is 3.55. The molecule has 4 nitrogen and oxygen atoms in total. The molecular formula is C14H20FN3O. The van der Waals surface area contributed by atoms with E-state index in [1.807, 2.05) is 0 Å². The number of benzene rings is 1. The van der Waals surface area contributed by atoms with Crippen molar-refractivity contribution in [2.24, 2.45) is 11.7 Å². The summed E-state index contributed by atoms with van der Waals surface area (Å²) in [7, 11) is 0. The zero-order chi connectivity index (χ0) is 13.8. The third kappa shape index (κ3) is 4.01. The van der Waals surface area contributed by atoms with Crippen molar-refractivity contribution in [3.63, 3.8) is 0 Å². The lowest BCUT2D eigenvalue weighted by molar-refractivity contribution is -0.117. The van der Waals surface area contributed by atoms with E-state index in [0.29, 0.717) is 18.2 Å². The van der Waals surface area contributed by atoms with Gasteiger partial charge in [0.15, 0.2) is 0 Å². The maximum absolute atomic E-state index is 12.7. The average Bonchev–Trinajstić information content (AvgIpc) is 2.37. The molecule has 0 saturated carbocycles. The second-order valence-corrected chi connectivity index (χ2v) is 5.22. The van der Waals surface area contributed by atoms with Crippen LogP contribution in [0.3, 0.4) is 0 Å². The smallest absolute Gasteiger partial charge is 0.238 e. The van der Waals surface area contributed by atoms with E-state index in [-0.39, 0.29) is 17.8 Å². The summed E-state index contributed by atoms with van der Waals surface area (Å²) in [5.41, 5.74) is 6.56. The molecular weight excluding hydrogens is 245 g/mol. The Kier molecular flexibility index (Phi) is 4.50. The monoisotopic (exact) mass is 265 g/mol. The van der Waals surface area contributed by atoms with E-state index in [1.165, 1.54) is 12.1 Å². The molecule has 0 aromatic heterocycles. The SMILES string of the molecule is CC1CN(CC(=O)Nc2ccc(F)cc2)CCC1N. The molecule has 2 unspecified atom stereocenters. The first-order valence-corrected chi connectivity index (χ1v) is 6.58. The highest BCUT2D eigenvalue weighted by atomic mass is 19.1. The van der Waals surface area contributed by atoms with E-state index in [9.17, 15) is 9.18 Å². The Labute approximate surface area is 112 Å². The van der Waals surface area contributed by atoms with E-state index in [4.69, 9.17) is 5.73 Å². The molecule has 0 radical (unpaired) electrons. The summed E-state index contributed by atoms with van der Waals surface area (Å²) in [5.74, 6) is 0.0264. The minimum atomic E-state index is -0.308. The van der Waals surface area contributed by atoms with Crippen LogP contribution in [0.25, 0.3) is 0 Å². The van der Waals surface area contributed by atoms with Crippen LogP contribution in [0.5, 0.6) is 0 Å². The van der Waals surface area contributed by atoms with E-state index in [2.05, 4.69) is 17.1 Å². The van der Waals surface area contributed by atoms with Gasteiger partial charge < -0.3 is 11.1 Å². The Hall–Kier alpha value is -1.46. The number of nitrogens with one attached hydrogen (secondary N) is 1. The first kappa shape index (κ1) is 14.0. The minimum absolute atomic E-state index is 0.0747. The first-order valence-electron chi connectivity index (χ1n) is 6.58. The van der Waals surface area contributed by atoms with Gasteiger partial charge in [0, 0.05) is 24.8 Å². The van der Waals surface area contributed by atoms with Crippen molar-refractivity contribution in [2.45, 2.75) is 19.4 Å². The number of anilines is 1. The van der Waals surface area contributed by atoms with Crippen molar-refractivity contribution in [2.75, 3.05) is 25.0 Å². The standard InChI is InChI=1S/C14H20FN3O/c1-10-8-18(7-6-13(10)16)9-14(19)17-12-4-2-11(15)3-5-12/h2-5,10,13H,6-9,16H2,1H3,(H,17,19). The van der Waals surface area contributed by atoms with Crippen molar-refractivity contribution >= 4 is 11.6 Å². The highest BCUT2D eigenvalue weighted by Crippen LogP contribution is 2.15. The average molecular weight is 265 g/mol. The van der Waals surface area contributed by atoms with Crippen LogP contribution >= 0.6 is 0 Å². The zero-order valence-electron chi connectivity index (χ0n) is 11.1. The fourth-order valence-corrected chi connectivity index (χ4v) is 2.33. The molecule has 0 spiro atoms. The fraction of sp³-hybridized carbons (Fsp3) is 0.500. The number of rotatable bonds is 3. The lowest BCUT2D eigenvalue weighted by Gasteiger charge is -2.34. The molecule has 1 aromatic carbocycles. The maximum Gasteiger partial charge on any atom is 0.238 e. The second kappa shape index (κ2) is 6.12. The lowest BCUT2D eigenvalue weighted by atomic mass is 9.95. The van der Waals surface area contributed by atoms with Gasteiger partial charge in [0.05, 0.1) is 6.54 Å². The van der Waals surface area contributed by atoms with Gasteiger partial charge in [0.1, 0.15) is 5.82 Å². The number of amides is 1. The van der Waals surface area contributed by atoms with Gasteiger partial charge >= 0.3 is 0 Å². The topological polar surface area (TPSA) is 58.4 Å². The summed E-state index contributed by atoms with van der Waals surface area (Å²) in [6, 6.07) is 6.01. The molecule has 2 rings (SSSR count). The van der Waals surface area contributed by atoms with E-state index in [0.717, 1.165) is 19.5 Å². The number of hydrogen-bond acceptors (Lipinski definition) is 3. The van der Waals surface area contributed by atoms with Gasteiger partial charge in [-0.1, -0.05) is 6.92 Å². The highest BCUT2D eigenvalue weighted by Gasteiger charge is 2.24. The van der Waals surface area contributed by atoms with Crippen LogP contribution in [0, 0.1) is 11.7 Å². The van der Waals surface area contributed by atoms with Crippen LogP contribution in [-0.4, -0.2) is 36.5 Å². The number of likely N-dealkylation sites (tertiary alicyclic amines) is 1. The van der Waals surface area contributed by atoms with Crippen molar-refractivity contribution in [1.82, 2.24) is 4.90 Å². The fourth-order valence-electron chi connectivity index (χ4n) is 2.33. The van der Waals surface area contributed by atoms with Crippen molar-refractivity contribution in [3.8, 4) is 0 Å². The molecule has 2 atom stereocenters. The highest BCUT2D eigenvalue weighted by molar-refractivity contribution is 5.92. The van der Waals surface area contributed by atoms with Crippen LogP contribution in [-0.2, 0) is 4.79 Å². The second-order valence-electron chi connectivity index (χ2n) is 5.22. The van der Waals surface area contributed by atoms with E-state index < -0.39 is 0 Å². The molecule has 3 N–H and O–H groups in total. The molecule has 1 aromatic rings. The molecule has 1 aliphatic rings. The van der Waals surface area contributed by atoms with Gasteiger partial charge in [0.2, 0.25) is 5.91 Å². The van der Waals surface area contributed by atoms with Crippen LogP contribution in [0.2, 0.25) is 0 Å². The first-order chi connectivity index (χ1) is 9.04. The number of carbonyl (C=O) groups excluding carboxylic acids is 1. The van der Waals surface area contributed by atoms with Crippen molar-refractivity contribution in [3.05, 3.63) is 30.1 Å². The molecule has 1 fully saturated rings. The van der Waals surface area contributed by atoms with Gasteiger partial charge in [-0.25, -0.2) is 4.39 Å². The number of halogens is 1. The number of nitrogens with zero attached hydrogens (tertiary/aromatic N) is 1. The molecule has 1 saturated heterocycles. The van der Waals surface area contributed by atoms with Crippen molar-refractivity contribution < 1.29 is 9.18 Å². The molecule has 19 heavy (non-hydrogen) atoms. The Morgan fingerprint density at radius 3 is 2.79 bits per heavy atom. The Morgan fingerprint density at radius 2 is 2.16 bits per heavy atom. The Bertz CT molecular complexity index is 435. The third-order valence-corrected chi connectivity index (χ3v) is 3.55. The van der Waals surface area contributed by atoms with Gasteiger partial charge in [-0.2, -0.15) is 0 Å². The van der Waals surface area contributed by atoms with Gasteiger partial charge in [-0.3, -0.25) is 9.69 Å². The summed E-state index contributed by atoms with van der Waals surface area (Å²) < 4.78 is 12.7. The number of piperidine rings is 1. The summed E-state index contributed by atoms with van der Waals surface area (Å²) in [6.07, 6.45) is 0.922. The Morgan fingerprint density at radius 1 is 1.47 bits per heavy atom. The summed E-state index contributed by atoms with van der Waals surface area (Å²) in [4.78, 5) is 14.0.